The van der Waals surface area contributed by atoms with Gasteiger partial charge in [0.25, 0.3) is 0 Å². The van der Waals surface area contributed by atoms with Crippen LogP contribution in [0.4, 0.5) is 0 Å². The average Bonchev–Trinajstić information content (AvgIpc) is 2.51. The molecule has 2 unspecified atom stereocenters. The van der Waals surface area contributed by atoms with E-state index in [0.29, 0.717) is 13.0 Å². The second-order valence-corrected chi connectivity index (χ2v) is 4.26. The van der Waals surface area contributed by atoms with Gasteiger partial charge in [0.2, 0.25) is 0 Å². The van der Waals surface area contributed by atoms with Gasteiger partial charge >= 0.3 is 0 Å². The summed E-state index contributed by atoms with van der Waals surface area (Å²) < 4.78 is 5.31. The maximum atomic E-state index is 9.75. The molecule has 1 aromatic rings. The number of aliphatic hydroxyl groups excluding tert-OH is 1. The molecule has 4 heteroatoms. The Bertz CT molecular complexity index is 275. The molecule has 3 nitrogen and oxygen atoms in total. The van der Waals surface area contributed by atoms with Gasteiger partial charge in [-0.15, -0.1) is 11.3 Å². The Hall–Kier alpha value is -0.450. The van der Waals surface area contributed by atoms with Crippen molar-refractivity contribution in [1.29, 1.82) is 0 Å². The normalized spacial score (nSPS) is 15.4. The lowest BCUT2D eigenvalue weighted by Gasteiger charge is -2.17. The number of nitrogens with zero attached hydrogens (tertiary/aromatic N) is 1. The molecule has 2 atom stereocenters. The van der Waals surface area contributed by atoms with E-state index in [1.54, 1.807) is 11.3 Å². The van der Waals surface area contributed by atoms with Crippen LogP contribution in [0.5, 0.6) is 0 Å². The van der Waals surface area contributed by atoms with E-state index in [4.69, 9.17) is 4.74 Å². The number of aryl methyl sites for hydroxylation is 1. The molecular formula is C10H17NO2S. The van der Waals surface area contributed by atoms with Gasteiger partial charge in [-0.05, 0) is 20.8 Å². The van der Waals surface area contributed by atoms with Crippen LogP contribution in [0.2, 0.25) is 0 Å². The molecule has 0 amide bonds. The van der Waals surface area contributed by atoms with Crippen LogP contribution in [0, 0.1) is 6.92 Å². The third-order valence-corrected chi connectivity index (χ3v) is 3.01. The topological polar surface area (TPSA) is 42.4 Å². The number of hydrogen-bond donors (Lipinski definition) is 1. The molecule has 0 aliphatic rings. The number of aromatic nitrogens is 1. The lowest BCUT2D eigenvalue weighted by molar-refractivity contribution is -0.0208. The van der Waals surface area contributed by atoms with E-state index in [1.165, 1.54) is 0 Å². The van der Waals surface area contributed by atoms with Crippen molar-refractivity contribution in [1.82, 2.24) is 4.98 Å². The predicted octanol–water partition coefficient (Wildman–Crippen LogP) is 1.78. The highest BCUT2D eigenvalue weighted by Crippen LogP contribution is 2.13. The highest BCUT2D eigenvalue weighted by molar-refractivity contribution is 7.09. The van der Waals surface area contributed by atoms with Gasteiger partial charge in [-0.2, -0.15) is 0 Å². The molecule has 0 fully saturated rings. The molecular weight excluding hydrogens is 198 g/mol. The largest absolute Gasteiger partial charge is 0.390 e. The van der Waals surface area contributed by atoms with Crippen molar-refractivity contribution < 1.29 is 9.84 Å². The zero-order valence-corrected chi connectivity index (χ0v) is 9.67. The van der Waals surface area contributed by atoms with Gasteiger partial charge < -0.3 is 9.84 Å². The van der Waals surface area contributed by atoms with Crippen molar-refractivity contribution in [2.24, 2.45) is 0 Å². The first-order chi connectivity index (χ1) is 6.63. The number of hydrogen-bond acceptors (Lipinski definition) is 4. The van der Waals surface area contributed by atoms with Crippen LogP contribution in [0.1, 0.15) is 24.5 Å². The summed E-state index contributed by atoms with van der Waals surface area (Å²) in [7, 11) is 0. The van der Waals surface area contributed by atoms with Crippen molar-refractivity contribution in [2.45, 2.75) is 39.4 Å². The molecule has 0 saturated carbocycles. The van der Waals surface area contributed by atoms with Crippen molar-refractivity contribution >= 4 is 11.3 Å². The van der Waals surface area contributed by atoms with Crippen LogP contribution in [-0.2, 0) is 11.2 Å². The Labute approximate surface area is 88.8 Å². The summed E-state index contributed by atoms with van der Waals surface area (Å²) in [6, 6.07) is 0. The van der Waals surface area contributed by atoms with Crippen LogP contribution in [0.15, 0.2) is 5.38 Å². The van der Waals surface area contributed by atoms with Crippen LogP contribution in [0.25, 0.3) is 0 Å². The zero-order chi connectivity index (χ0) is 10.6. The lowest BCUT2D eigenvalue weighted by atomic mass is 10.2. The minimum Gasteiger partial charge on any atom is -0.390 e. The first kappa shape index (κ1) is 11.6. The first-order valence-electron chi connectivity index (χ1n) is 4.84. The molecule has 1 rings (SSSR count). The maximum absolute atomic E-state index is 9.75. The highest BCUT2D eigenvalue weighted by Gasteiger charge is 2.16. The Balaban J connectivity index is 2.43. The minimum absolute atomic E-state index is 0.121. The van der Waals surface area contributed by atoms with E-state index in [0.717, 1.165) is 10.7 Å². The Kier molecular flexibility index (Phi) is 4.51. The molecule has 1 heterocycles. The molecule has 1 aromatic heterocycles. The quantitative estimate of drug-likeness (QED) is 0.814. The smallest absolute Gasteiger partial charge is 0.0954 e. The molecule has 0 aliphatic heterocycles. The first-order valence-corrected chi connectivity index (χ1v) is 5.72. The standard InChI is InChI=1S/C10H17NO2S/c1-4-13-8(3)9(12)5-10-11-7(2)6-14-10/h6,8-9,12H,4-5H2,1-3H3. The molecule has 0 radical (unpaired) electrons. The van der Waals surface area contributed by atoms with Crippen LogP contribution < -0.4 is 0 Å². The monoisotopic (exact) mass is 215 g/mol. The summed E-state index contributed by atoms with van der Waals surface area (Å²) in [5.41, 5.74) is 1.02. The third kappa shape index (κ3) is 3.36. The molecule has 0 spiro atoms. The van der Waals surface area contributed by atoms with Crippen molar-refractivity contribution in [3.05, 3.63) is 16.1 Å². The maximum Gasteiger partial charge on any atom is 0.0954 e. The summed E-state index contributed by atoms with van der Waals surface area (Å²) in [5.74, 6) is 0. The summed E-state index contributed by atoms with van der Waals surface area (Å²) in [4.78, 5) is 4.30. The van der Waals surface area contributed by atoms with Gasteiger partial charge in [0, 0.05) is 24.1 Å². The molecule has 80 valence electrons. The van der Waals surface area contributed by atoms with E-state index >= 15 is 0 Å². The minimum atomic E-state index is -0.458. The number of thiazole rings is 1. The van der Waals surface area contributed by atoms with Gasteiger partial charge in [-0.25, -0.2) is 4.98 Å². The number of ether oxygens (including phenoxy) is 1. The van der Waals surface area contributed by atoms with Gasteiger partial charge in [-0.1, -0.05) is 0 Å². The second-order valence-electron chi connectivity index (χ2n) is 3.31. The average molecular weight is 215 g/mol. The van der Waals surface area contributed by atoms with Gasteiger partial charge in [0.05, 0.1) is 17.2 Å². The summed E-state index contributed by atoms with van der Waals surface area (Å²) in [6.45, 7) is 6.40. The lowest BCUT2D eigenvalue weighted by Crippen LogP contribution is -2.28. The van der Waals surface area contributed by atoms with E-state index < -0.39 is 6.10 Å². The predicted molar refractivity (Wildman–Crippen MR) is 57.6 cm³/mol. The fourth-order valence-corrected chi connectivity index (χ4v) is 2.04. The Morgan fingerprint density at radius 2 is 2.36 bits per heavy atom. The summed E-state index contributed by atoms with van der Waals surface area (Å²) >= 11 is 1.59. The molecule has 0 saturated heterocycles. The van der Waals surface area contributed by atoms with E-state index in [2.05, 4.69) is 4.98 Å². The van der Waals surface area contributed by atoms with E-state index in [-0.39, 0.29) is 6.10 Å². The van der Waals surface area contributed by atoms with Gasteiger partial charge in [-0.3, -0.25) is 0 Å². The molecule has 0 bridgehead atoms. The van der Waals surface area contributed by atoms with Gasteiger partial charge in [0.15, 0.2) is 0 Å². The summed E-state index contributed by atoms with van der Waals surface area (Å²) in [6.07, 6.45) is 0.00403. The van der Waals surface area contributed by atoms with Crippen LogP contribution in [0.3, 0.4) is 0 Å². The van der Waals surface area contributed by atoms with Crippen molar-refractivity contribution in [3.8, 4) is 0 Å². The molecule has 1 N–H and O–H groups in total. The van der Waals surface area contributed by atoms with E-state index in [1.807, 2.05) is 26.2 Å². The zero-order valence-electron chi connectivity index (χ0n) is 8.86. The van der Waals surface area contributed by atoms with Gasteiger partial charge in [0.1, 0.15) is 0 Å². The summed E-state index contributed by atoms with van der Waals surface area (Å²) in [5, 5.41) is 12.7. The number of rotatable bonds is 5. The Morgan fingerprint density at radius 1 is 1.64 bits per heavy atom. The van der Waals surface area contributed by atoms with Crippen LogP contribution in [-0.4, -0.2) is 28.9 Å². The molecule has 14 heavy (non-hydrogen) atoms. The van der Waals surface area contributed by atoms with Crippen LogP contribution >= 0.6 is 11.3 Å². The SMILES string of the molecule is CCOC(C)C(O)Cc1nc(C)cs1. The van der Waals surface area contributed by atoms with Crippen molar-refractivity contribution in [2.75, 3.05) is 6.61 Å². The second kappa shape index (κ2) is 5.44. The fourth-order valence-electron chi connectivity index (χ4n) is 1.22. The van der Waals surface area contributed by atoms with E-state index in [9.17, 15) is 5.11 Å². The van der Waals surface area contributed by atoms with Crippen molar-refractivity contribution in [3.63, 3.8) is 0 Å². The Morgan fingerprint density at radius 3 is 2.86 bits per heavy atom. The third-order valence-electron chi connectivity index (χ3n) is 2.02. The molecule has 0 aromatic carbocycles. The molecule has 0 aliphatic carbocycles. The number of aliphatic hydroxyl groups is 1. The highest BCUT2D eigenvalue weighted by atomic mass is 32.1. The fraction of sp³-hybridized carbons (Fsp3) is 0.700.